The Morgan fingerprint density at radius 3 is 2.31 bits per heavy atom. The SMILES string of the molecule is COc1ccc(-c2cccc(/C=C/[C@H](C)N(OC(C)=O)C(C)=O)c2)cc1. The van der Waals surface area contributed by atoms with Crippen LogP contribution in [0.3, 0.4) is 0 Å². The maximum Gasteiger partial charge on any atom is 0.329 e. The summed E-state index contributed by atoms with van der Waals surface area (Å²) < 4.78 is 5.18. The van der Waals surface area contributed by atoms with Gasteiger partial charge in [-0.25, -0.2) is 0 Å². The summed E-state index contributed by atoms with van der Waals surface area (Å²) in [6, 6.07) is 15.5. The molecule has 0 spiro atoms. The van der Waals surface area contributed by atoms with Crippen LogP contribution in [0.25, 0.3) is 17.2 Å². The summed E-state index contributed by atoms with van der Waals surface area (Å²) in [6.45, 7) is 4.41. The summed E-state index contributed by atoms with van der Waals surface area (Å²) in [6.07, 6.45) is 3.72. The maximum atomic E-state index is 11.6. The number of rotatable bonds is 5. The Morgan fingerprint density at radius 1 is 1.04 bits per heavy atom. The van der Waals surface area contributed by atoms with Crippen LogP contribution in [0.2, 0.25) is 0 Å². The van der Waals surface area contributed by atoms with Crippen molar-refractivity contribution in [2.24, 2.45) is 0 Å². The molecule has 0 bridgehead atoms. The van der Waals surface area contributed by atoms with Gasteiger partial charge < -0.3 is 9.57 Å². The quantitative estimate of drug-likeness (QED) is 0.760. The second-order valence-electron chi connectivity index (χ2n) is 5.88. The van der Waals surface area contributed by atoms with Crippen LogP contribution in [-0.2, 0) is 14.4 Å². The summed E-state index contributed by atoms with van der Waals surface area (Å²) in [4.78, 5) is 27.7. The molecule has 1 atom stereocenters. The Hall–Kier alpha value is -3.08. The average Bonchev–Trinajstić information content (AvgIpc) is 2.64. The van der Waals surface area contributed by atoms with Gasteiger partial charge in [0.15, 0.2) is 0 Å². The Balaban J connectivity index is 2.17. The van der Waals surface area contributed by atoms with E-state index in [4.69, 9.17) is 9.57 Å². The molecular weight excluding hydrogens is 330 g/mol. The van der Waals surface area contributed by atoms with Crippen LogP contribution >= 0.6 is 0 Å². The van der Waals surface area contributed by atoms with Crippen molar-refractivity contribution in [3.63, 3.8) is 0 Å². The van der Waals surface area contributed by atoms with Crippen molar-refractivity contribution in [2.75, 3.05) is 7.11 Å². The summed E-state index contributed by atoms with van der Waals surface area (Å²) in [5, 5.41) is 1.06. The van der Waals surface area contributed by atoms with E-state index in [0.29, 0.717) is 0 Å². The van der Waals surface area contributed by atoms with E-state index in [9.17, 15) is 9.59 Å². The minimum Gasteiger partial charge on any atom is -0.497 e. The maximum absolute atomic E-state index is 11.6. The van der Waals surface area contributed by atoms with Crippen molar-refractivity contribution in [1.82, 2.24) is 5.06 Å². The van der Waals surface area contributed by atoms with E-state index in [1.807, 2.05) is 54.6 Å². The van der Waals surface area contributed by atoms with E-state index in [1.165, 1.54) is 13.8 Å². The number of carbonyl (C=O) groups excluding carboxylic acids is 2. The first kappa shape index (κ1) is 19.2. The van der Waals surface area contributed by atoms with Gasteiger partial charge in [0, 0.05) is 13.8 Å². The lowest BCUT2D eigenvalue weighted by molar-refractivity contribution is -0.199. The molecule has 0 N–H and O–H groups in total. The molecule has 0 aromatic heterocycles. The van der Waals surface area contributed by atoms with Gasteiger partial charge in [-0.05, 0) is 41.8 Å². The molecule has 0 aliphatic rings. The highest BCUT2D eigenvalue weighted by Crippen LogP contribution is 2.23. The van der Waals surface area contributed by atoms with Gasteiger partial charge in [0.1, 0.15) is 5.75 Å². The van der Waals surface area contributed by atoms with E-state index in [0.717, 1.165) is 27.5 Å². The lowest BCUT2D eigenvalue weighted by atomic mass is 10.0. The molecule has 136 valence electrons. The van der Waals surface area contributed by atoms with Gasteiger partial charge in [-0.3, -0.25) is 9.59 Å². The zero-order valence-corrected chi connectivity index (χ0v) is 15.4. The predicted octanol–water partition coefficient (Wildman–Crippen LogP) is 4.09. The van der Waals surface area contributed by atoms with Gasteiger partial charge in [-0.15, -0.1) is 0 Å². The Morgan fingerprint density at radius 2 is 1.73 bits per heavy atom. The highest BCUT2D eigenvalue weighted by Gasteiger charge is 2.17. The second-order valence-corrected chi connectivity index (χ2v) is 5.88. The molecule has 2 aromatic rings. The Kier molecular flexibility index (Phi) is 6.55. The van der Waals surface area contributed by atoms with E-state index in [1.54, 1.807) is 14.0 Å². The van der Waals surface area contributed by atoms with Gasteiger partial charge >= 0.3 is 5.97 Å². The number of hydroxylamine groups is 2. The lowest BCUT2D eigenvalue weighted by Crippen LogP contribution is -2.37. The third-order valence-electron chi connectivity index (χ3n) is 3.78. The minimum atomic E-state index is -0.526. The molecule has 0 saturated carbocycles. The minimum absolute atomic E-state index is 0.329. The van der Waals surface area contributed by atoms with Crippen LogP contribution in [0, 0.1) is 0 Å². The van der Waals surface area contributed by atoms with Gasteiger partial charge in [-0.1, -0.05) is 42.5 Å². The largest absolute Gasteiger partial charge is 0.497 e. The van der Waals surface area contributed by atoms with Crippen molar-refractivity contribution in [3.05, 3.63) is 60.2 Å². The number of nitrogens with zero attached hydrogens (tertiary/aromatic N) is 1. The third-order valence-corrected chi connectivity index (χ3v) is 3.78. The van der Waals surface area contributed by atoms with Gasteiger partial charge in [-0.2, -0.15) is 5.06 Å². The smallest absolute Gasteiger partial charge is 0.329 e. The fraction of sp³-hybridized carbons (Fsp3) is 0.238. The predicted molar refractivity (Wildman–Crippen MR) is 101 cm³/mol. The number of methoxy groups -OCH3 is 1. The second kappa shape index (κ2) is 8.85. The standard InChI is InChI=1S/C21H23NO4/c1-15(22(16(2)23)26-17(3)24)8-9-18-6-5-7-20(14-18)19-10-12-21(25-4)13-11-19/h5-15H,1-4H3/b9-8+/t15-/m0/s1. The number of hydrogen-bond acceptors (Lipinski definition) is 4. The third kappa shape index (κ3) is 5.21. The number of ether oxygens (including phenoxy) is 1. The first-order valence-corrected chi connectivity index (χ1v) is 8.31. The molecule has 0 radical (unpaired) electrons. The molecule has 0 fully saturated rings. The van der Waals surface area contributed by atoms with Crippen LogP contribution in [0.15, 0.2) is 54.6 Å². The Bertz CT molecular complexity index is 796. The number of benzene rings is 2. The van der Waals surface area contributed by atoms with Crippen LogP contribution in [-0.4, -0.2) is 30.1 Å². The molecule has 5 heteroatoms. The normalized spacial score (nSPS) is 11.8. The van der Waals surface area contributed by atoms with Crippen molar-refractivity contribution in [1.29, 1.82) is 0 Å². The fourth-order valence-corrected chi connectivity index (χ4v) is 2.51. The fourth-order valence-electron chi connectivity index (χ4n) is 2.51. The van der Waals surface area contributed by atoms with Crippen LogP contribution in [0.4, 0.5) is 0 Å². The van der Waals surface area contributed by atoms with Gasteiger partial charge in [0.2, 0.25) is 0 Å². The van der Waals surface area contributed by atoms with Crippen molar-refractivity contribution in [2.45, 2.75) is 26.8 Å². The molecule has 0 aliphatic carbocycles. The number of carbonyl (C=O) groups is 2. The summed E-state index contributed by atoms with van der Waals surface area (Å²) in [5.41, 5.74) is 3.14. The molecule has 5 nitrogen and oxygen atoms in total. The first-order valence-electron chi connectivity index (χ1n) is 8.31. The zero-order valence-electron chi connectivity index (χ0n) is 15.4. The first-order chi connectivity index (χ1) is 12.4. The summed E-state index contributed by atoms with van der Waals surface area (Å²) in [5.74, 6) is -0.0419. The zero-order chi connectivity index (χ0) is 19.1. The highest BCUT2D eigenvalue weighted by molar-refractivity contribution is 5.76. The van der Waals surface area contributed by atoms with Crippen LogP contribution < -0.4 is 4.74 Å². The van der Waals surface area contributed by atoms with Crippen LogP contribution in [0.5, 0.6) is 5.75 Å². The number of amides is 1. The van der Waals surface area contributed by atoms with Crippen molar-refractivity contribution < 1.29 is 19.2 Å². The lowest BCUT2D eigenvalue weighted by Gasteiger charge is -2.23. The molecule has 1 amide bonds. The van der Waals surface area contributed by atoms with E-state index >= 15 is 0 Å². The highest BCUT2D eigenvalue weighted by atomic mass is 16.7. The van der Waals surface area contributed by atoms with E-state index in [2.05, 4.69) is 6.07 Å². The molecule has 0 saturated heterocycles. The topological polar surface area (TPSA) is 55.8 Å². The molecular formula is C21H23NO4. The van der Waals surface area contributed by atoms with Crippen molar-refractivity contribution in [3.8, 4) is 16.9 Å². The molecule has 26 heavy (non-hydrogen) atoms. The molecule has 0 unspecified atom stereocenters. The molecule has 2 aromatic carbocycles. The average molecular weight is 353 g/mol. The molecule has 2 rings (SSSR count). The molecule has 0 heterocycles. The van der Waals surface area contributed by atoms with Crippen LogP contribution in [0.1, 0.15) is 26.3 Å². The van der Waals surface area contributed by atoms with E-state index < -0.39 is 5.97 Å². The summed E-state index contributed by atoms with van der Waals surface area (Å²) >= 11 is 0. The van der Waals surface area contributed by atoms with Crippen molar-refractivity contribution >= 4 is 18.0 Å². The van der Waals surface area contributed by atoms with Gasteiger partial charge in [0.25, 0.3) is 5.91 Å². The monoisotopic (exact) mass is 353 g/mol. The van der Waals surface area contributed by atoms with Gasteiger partial charge in [0.05, 0.1) is 13.2 Å². The Labute approximate surface area is 153 Å². The molecule has 0 aliphatic heterocycles. The number of hydrogen-bond donors (Lipinski definition) is 0. The van der Waals surface area contributed by atoms with E-state index in [-0.39, 0.29) is 11.9 Å². The summed E-state index contributed by atoms with van der Waals surface area (Å²) in [7, 11) is 1.64.